The van der Waals surface area contributed by atoms with Gasteiger partial charge >= 0.3 is 0 Å². The number of likely N-dealkylation sites (tertiary alicyclic amines) is 1. The average Bonchev–Trinajstić information content (AvgIpc) is 2.23. The number of carbonyl (C=O) groups is 1. The third kappa shape index (κ3) is 2.79. The molecule has 0 radical (unpaired) electrons. The van der Waals surface area contributed by atoms with E-state index in [1.165, 1.54) is 0 Å². The van der Waals surface area contributed by atoms with Crippen LogP contribution in [0.25, 0.3) is 0 Å². The molecule has 1 N–H and O–H groups in total. The summed E-state index contributed by atoms with van der Waals surface area (Å²) in [4.78, 5) is 13.7. The second kappa shape index (κ2) is 5.08. The van der Waals surface area contributed by atoms with Crippen LogP contribution >= 0.6 is 23.2 Å². The molecule has 0 atom stereocenters. The highest BCUT2D eigenvalue weighted by atomic mass is 35.5. The van der Waals surface area contributed by atoms with E-state index in [2.05, 4.69) is 0 Å². The van der Waals surface area contributed by atoms with Gasteiger partial charge in [0.25, 0.3) is 5.91 Å². The number of hydrogen-bond donors (Lipinski definition) is 1. The largest absolute Gasteiger partial charge is 0.386 e. The first-order valence-electron chi connectivity index (χ1n) is 5.91. The first-order valence-corrected chi connectivity index (χ1v) is 6.67. The lowest BCUT2D eigenvalue weighted by Gasteiger charge is -2.46. The van der Waals surface area contributed by atoms with Crippen LogP contribution in [0, 0.1) is 0 Å². The number of aliphatic hydroxyl groups is 1. The Balaban J connectivity index is 2.06. The van der Waals surface area contributed by atoms with Gasteiger partial charge in [-0.1, -0.05) is 36.5 Å². The number of rotatable bonds is 3. The number of halogens is 2. The summed E-state index contributed by atoms with van der Waals surface area (Å²) in [6, 6.07) is 4.77. The van der Waals surface area contributed by atoms with E-state index in [0.29, 0.717) is 35.1 Å². The number of β-amino-alcohol motifs (C(OH)–C–C–N with tert-alkyl or cyclic N) is 1. The lowest BCUT2D eigenvalue weighted by atomic mass is 9.89. The molecule has 5 heteroatoms. The van der Waals surface area contributed by atoms with E-state index >= 15 is 0 Å². The second-order valence-corrected chi connectivity index (χ2v) is 5.67. The topological polar surface area (TPSA) is 40.5 Å². The standard InChI is InChI=1S/C13H15Cl2NO2/c1-2-3-13(18)7-16(8-13)12(17)9-4-10(14)6-11(15)5-9/h4-6,18H,2-3,7-8H2,1H3. The minimum Gasteiger partial charge on any atom is -0.386 e. The SMILES string of the molecule is CCCC1(O)CN(C(=O)c2cc(Cl)cc(Cl)c2)C1. The van der Waals surface area contributed by atoms with Crippen LogP contribution in [-0.4, -0.2) is 34.6 Å². The first-order chi connectivity index (χ1) is 8.43. The van der Waals surface area contributed by atoms with Gasteiger partial charge in [-0.15, -0.1) is 0 Å². The first kappa shape index (κ1) is 13.7. The highest BCUT2D eigenvalue weighted by Crippen LogP contribution is 2.28. The van der Waals surface area contributed by atoms with Crippen molar-refractivity contribution in [3.05, 3.63) is 33.8 Å². The van der Waals surface area contributed by atoms with E-state index in [4.69, 9.17) is 23.2 Å². The van der Waals surface area contributed by atoms with Gasteiger partial charge in [-0.3, -0.25) is 4.79 Å². The Hall–Kier alpha value is -0.770. The summed E-state index contributed by atoms with van der Waals surface area (Å²) < 4.78 is 0. The molecule has 0 aromatic heterocycles. The summed E-state index contributed by atoms with van der Waals surface area (Å²) in [7, 11) is 0. The van der Waals surface area contributed by atoms with Crippen molar-refractivity contribution in [1.82, 2.24) is 4.90 Å². The third-order valence-electron chi connectivity index (χ3n) is 3.08. The molecule has 0 aliphatic carbocycles. The summed E-state index contributed by atoms with van der Waals surface area (Å²) in [5.41, 5.74) is -0.252. The maximum atomic E-state index is 12.1. The fourth-order valence-electron chi connectivity index (χ4n) is 2.29. The Kier molecular flexibility index (Phi) is 3.85. The van der Waals surface area contributed by atoms with Gasteiger partial charge in [0.15, 0.2) is 0 Å². The average molecular weight is 288 g/mol. The highest BCUT2D eigenvalue weighted by molar-refractivity contribution is 6.35. The second-order valence-electron chi connectivity index (χ2n) is 4.79. The predicted octanol–water partition coefficient (Wildman–Crippen LogP) is 2.98. The van der Waals surface area contributed by atoms with Crippen molar-refractivity contribution in [3.8, 4) is 0 Å². The molecule has 3 nitrogen and oxygen atoms in total. The van der Waals surface area contributed by atoms with Gasteiger partial charge in [0, 0.05) is 15.6 Å². The van der Waals surface area contributed by atoms with Gasteiger partial charge in [-0.25, -0.2) is 0 Å². The monoisotopic (exact) mass is 287 g/mol. The van der Waals surface area contributed by atoms with Gasteiger partial charge in [-0.2, -0.15) is 0 Å². The maximum Gasteiger partial charge on any atom is 0.254 e. The molecular weight excluding hydrogens is 273 g/mol. The molecule has 1 aromatic carbocycles. The number of amides is 1. The van der Waals surface area contributed by atoms with Gasteiger partial charge in [0.05, 0.1) is 18.7 Å². The van der Waals surface area contributed by atoms with Gasteiger partial charge in [0.1, 0.15) is 0 Å². The van der Waals surface area contributed by atoms with Crippen LogP contribution in [0.5, 0.6) is 0 Å². The van der Waals surface area contributed by atoms with Crippen LogP contribution in [0.1, 0.15) is 30.1 Å². The number of nitrogens with zero attached hydrogens (tertiary/aromatic N) is 1. The van der Waals surface area contributed by atoms with Crippen molar-refractivity contribution in [2.45, 2.75) is 25.4 Å². The zero-order chi connectivity index (χ0) is 13.3. The van der Waals surface area contributed by atoms with E-state index < -0.39 is 5.60 Å². The van der Waals surface area contributed by atoms with Crippen LogP contribution in [-0.2, 0) is 0 Å². The molecule has 0 spiro atoms. The Morgan fingerprint density at radius 3 is 2.39 bits per heavy atom. The molecule has 1 aliphatic rings. The van der Waals surface area contributed by atoms with E-state index in [1.54, 1.807) is 23.1 Å². The summed E-state index contributed by atoms with van der Waals surface area (Å²) in [5.74, 6) is -0.139. The van der Waals surface area contributed by atoms with Gasteiger partial charge < -0.3 is 10.0 Å². The summed E-state index contributed by atoms with van der Waals surface area (Å²) in [6.45, 7) is 2.77. The molecular formula is C13H15Cl2NO2. The molecule has 1 heterocycles. The van der Waals surface area contributed by atoms with E-state index in [-0.39, 0.29) is 5.91 Å². The fourth-order valence-corrected chi connectivity index (χ4v) is 2.82. The van der Waals surface area contributed by atoms with Crippen LogP contribution in [0.4, 0.5) is 0 Å². The van der Waals surface area contributed by atoms with Crippen LogP contribution in [0.2, 0.25) is 10.0 Å². The fraction of sp³-hybridized carbons (Fsp3) is 0.462. The number of carbonyl (C=O) groups excluding carboxylic acids is 1. The van der Waals surface area contributed by atoms with Crippen molar-refractivity contribution >= 4 is 29.1 Å². The molecule has 18 heavy (non-hydrogen) atoms. The maximum absolute atomic E-state index is 12.1. The van der Waals surface area contributed by atoms with Crippen molar-refractivity contribution < 1.29 is 9.90 Å². The molecule has 1 fully saturated rings. The molecule has 98 valence electrons. The molecule has 1 saturated heterocycles. The normalized spacial score (nSPS) is 17.4. The Morgan fingerprint density at radius 1 is 1.33 bits per heavy atom. The molecule has 0 saturated carbocycles. The third-order valence-corrected chi connectivity index (χ3v) is 3.52. The number of benzene rings is 1. The Labute approximate surface area is 116 Å². The van der Waals surface area contributed by atoms with Crippen molar-refractivity contribution in [3.63, 3.8) is 0 Å². The summed E-state index contributed by atoms with van der Waals surface area (Å²) in [6.07, 6.45) is 1.62. The quantitative estimate of drug-likeness (QED) is 0.929. The molecule has 1 aromatic rings. The zero-order valence-corrected chi connectivity index (χ0v) is 11.6. The smallest absolute Gasteiger partial charge is 0.254 e. The lowest BCUT2D eigenvalue weighted by Crippen LogP contribution is -2.63. The molecule has 1 amide bonds. The van der Waals surface area contributed by atoms with Crippen LogP contribution in [0.15, 0.2) is 18.2 Å². The van der Waals surface area contributed by atoms with Crippen molar-refractivity contribution in [2.24, 2.45) is 0 Å². The summed E-state index contributed by atoms with van der Waals surface area (Å²) >= 11 is 11.7. The lowest BCUT2D eigenvalue weighted by molar-refractivity contribution is -0.0860. The zero-order valence-electron chi connectivity index (χ0n) is 10.1. The van der Waals surface area contributed by atoms with E-state index in [0.717, 1.165) is 6.42 Å². The van der Waals surface area contributed by atoms with Crippen LogP contribution in [0.3, 0.4) is 0 Å². The van der Waals surface area contributed by atoms with Crippen molar-refractivity contribution in [2.75, 3.05) is 13.1 Å². The molecule has 2 rings (SSSR count). The van der Waals surface area contributed by atoms with Crippen molar-refractivity contribution in [1.29, 1.82) is 0 Å². The predicted molar refractivity (Wildman–Crippen MR) is 72.2 cm³/mol. The van der Waals surface area contributed by atoms with Gasteiger partial charge in [0.2, 0.25) is 0 Å². The highest BCUT2D eigenvalue weighted by Gasteiger charge is 2.42. The Morgan fingerprint density at radius 2 is 1.89 bits per heavy atom. The summed E-state index contributed by atoms with van der Waals surface area (Å²) in [5, 5.41) is 10.9. The number of hydrogen-bond acceptors (Lipinski definition) is 2. The van der Waals surface area contributed by atoms with Crippen LogP contribution < -0.4 is 0 Å². The van der Waals surface area contributed by atoms with Gasteiger partial charge in [-0.05, 0) is 24.6 Å². The minimum absolute atomic E-state index is 0.139. The molecule has 0 unspecified atom stereocenters. The molecule has 1 aliphatic heterocycles. The van der Waals surface area contributed by atoms with E-state index in [9.17, 15) is 9.90 Å². The molecule has 0 bridgehead atoms. The Bertz CT molecular complexity index is 450. The minimum atomic E-state index is -0.715. The van der Waals surface area contributed by atoms with E-state index in [1.807, 2.05) is 6.92 Å².